The minimum absolute atomic E-state index is 0.0421. The first kappa shape index (κ1) is 16.0. The summed E-state index contributed by atoms with van der Waals surface area (Å²) < 4.78 is 5.89. The Kier molecular flexibility index (Phi) is 5.76. The molecule has 1 aromatic carbocycles. The van der Waals surface area contributed by atoms with E-state index in [0.717, 1.165) is 16.6 Å². The molecule has 0 saturated carbocycles. The van der Waals surface area contributed by atoms with Crippen LogP contribution < -0.4 is 5.32 Å². The lowest BCUT2D eigenvalue weighted by Gasteiger charge is -2.16. The smallest absolute Gasteiger partial charge is 0.229 e. The van der Waals surface area contributed by atoms with Crippen molar-refractivity contribution in [3.8, 4) is 0 Å². The van der Waals surface area contributed by atoms with Gasteiger partial charge in [0, 0.05) is 43.4 Å². The van der Waals surface area contributed by atoms with Crippen molar-refractivity contribution < 1.29 is 14.3 Å². The minimum atomic E-state index is -0.279. The molecule has 0 aliphatic carbocycles. The predicted molar refractivity (Wildman–Crippen MR) is 84.0 cm³/mol. The summed E-state index contributed by atoms with van der Waals surface area (Å²) in [6.07, 6.45) is 1.08. The number of nitrogens with one attached hydrogen (secondary N) is 1. The average Bonchev–Trinajstić information content (AvgIpc) is 2.81. The van der Waals surface area contributed by atoms with Crippen LogP contribution in [0.3, 0.4) is 0 Å². The molecule has 1 heterocycles. The van der Waals surface area contributed by atoms with Gasteiger partial charge < -0.3 is 15.0 Å². The Hall–Kier alpha value is -1.40. The van der Waals surface area contributed by atoms with Gasteiger partial charge in [0.15, 0.2) is 0 Å². The summed E-state index contributed by atoms with van der Waals surface area (Å²) in [5.74, 6) is -0.338. The lowest BCUT2D eigenvalue weighted by molar-refractivity contribution is -0.128. The van der Waals surface area contributed by atoms with Crippen molar-refractivity contribution in [2.45, 2.75) is 12.8 Å². The number of hydrogen-bond acceptors (Lipinski definition) is 3. The summed E-state index contributed by atoms with van der Waals surface area (Å²) in [5, 5.41) is 2.86. The quantitative estimate of drug-likeness (QED) is 0.797. The molecule has 1 N–H and O–H groups in total. The molecule has 1 saturated heterocycles. The molecule has 2 rings (SSSR count). The fraction of sp³-hybridized carbons (Fsp3) is 0.467. The van der Waals surface area contributed by atoms with Gasteiger partial charge >= 0.3 is 0 Å². The standard InChI is InChI=1S/C15H19BrN2O3/c1-21-7-3-6-18-10-11(8-14(18)19)15(20)17-13-5-2-4-12(16)9-13/h2,4-5,9,11H,3,6-8,10H2,1H3,(H,17,20). The van der Waals surface area contributed by atoms with E-state index < -0.39 is 0 Å². The highest BCUT2D eigenvalue weighted by atomic mass is 79.9. The van der Waals surface area contributed by atoms with Crippen LogP contribution in [-0.4, -0.2) is 43.5 Å². The molecule has 1 aliphatic rings. The third-order valence-corrected chi connectivity index (χ3v) is 3.95. The second-order valence-electron chi connectivity index (χ2n) is 5.09. The molecule has 2 amide bonds. The molecule has 0 bridgehead atoms. The Bertz CT molecular complexity index is 521. The van der Waals surface area contributed by atoms with Crippen LogP contribution in [0.5, 0.6) is 0 Å². The van der Waals surface area contributed by atoms with Crippen molar-refractivity contribution in [3.63, 3.8) is 0 Å². The van der Waals surface area contributed by atoms with Crippen LogP contribution in [0.15, 0.2) is 28.7 Å². The molecular weight excluding hydrogens is 336 g/mol. The second-order valence-corrected chi connectivity index (χ2v) is 6.00. The maximum atomic E-state index is 12.2. The fourth-order valence-corrected chi connectivity index (χ4v) is 2.77. The van der Waals surface area contributed by atoms with Crippen LogP contribution in [-0.2, 0) is 14.3 Å². The van der Waals surface area contributed by atoms with E-state index in [4.69, 9.17) is 4.74 Å². The Morgan fingerprint density at radius 2 is 2.33 bits per heavy atom. The van der Waals surface area contributed by atoms with Crippen LogP contribution in [0.1, 0.15) is 12.8 Å². The number of halogens is 1. The maximum absolute atomic E-state index is 12.2. The van der Waals surface area contributed by atoms with Crippen molar-refractivity contribution in [3.05, 3.63) is 28.7 Å². The van der Waals surface area contributed by atoms with Crippen molar-refractivity contribution in [1.82, 2.24) is 4.90 Å². The predicted octanol–water partition coefficient (Wildman–Crippen LogP) is 2.27. The number of carbonyl (C=O) groups is 2. The first-order valence-corrected chi connectivity index (χ1v) is 7.72. The maximum Gasteiger partial charge on any atom is 0.229 e. The van der Waals surface area contributed by atoms with Crippen LogP contribution >= 0.6 is 15.9 Å². The summed E-state index contributed by atoms with van der Waals surface area (Å²) in [5.41, 5.74) is 0.736. The number of methoxy groups -OCH3 is 1. The number of amides is 2. The highest BCUT2D eigenvalue weighted by Crippen LogP contribution is 2.21. The van der Waals surface area contributed by atoms with Gasteiger partial charge in [-0.1, -0.05) is 22.0 Å². The third-order valence-electron chi connectivity index (χ3n) is 3.45. The number of hydrogen-bond donors (Lipinski definition) is 1. The Morgan fingerprint density at radius 3 is 3.05 bits per heavy atom. The van der Waals surface area contributed by atoms with Gasteiger partial charge in [-0.3, -0.25) is 9.59 Å². The molecule has 114 valence electrons. The third kappa shape index (κ3) is 4.54. The summed E-state index contributed by atoms with van der Waals surface area (Å²) in [7, 11) is 1.64. The number of nitrogens with zero attached hydrogens (tertiary/aromatic N) is 1. The van der Waals surface area contributed by atoms with E-state index in [1.807, 2.05) is 24.3 Å². The molecule has 1 unspecified atom stereocenters. The van der Waals surface area contributed by atoms with Gasteiger partial charge in [0.25, 0.3) is 0 Å². The van der Waals surface area contributed by atoms with Crippen molar-refractivity contribution >= 4 is 33.4 Å². The van der Waals surface area contributed by atoms with Crippen molar-refractivity contribution in [1.29, 1.82) is 0 Å². The average molecular weight is 355 g/mol. The number of carbonyl (C=O) groups excluding carboxylic acids is 2. The molecule has 1 aliphatic heterocycles. The van der Waals surface area contributed by atoms with Gasteiger partial charge in [0.2, 0.25) is 11.8 Å². The first-order valence-electron chi connectivity index (χ1n) is 6.93. The van der Waals surface area contributed by atoms with Crippen LogP contribution in [0.25, 0.3) is 0 Å². The van der Waals surface area contributed by atoms with Crippen LogP contribution in [0.4, 0.5) is 5.69 Å². The molecule has 21 heavy (non-hydrogen) atoms. The molecule has 0 aromatic heterocycles. The highest BCUT2D eigenvalue weighted by molar-refractivity contribution is 9.10. The Labute approximate surface area is 132 Å². The van der Waals surface area contributed by atoms with E-state index in [0.29, 0.717) is 19.7 Å². The zero-order chi connectivity index (χ0) is 15.2. The minimum Gasteiger partial charge on any atom is -0.385 e. The molecule has 5 nitrogen and oxygen atoms in total. The monoisotopic (exact) mass is 354 g/mol. The first-order chi connectivity index (χ1) is 10.1. The Balaban J connectivity index is 1.88. The van der Waals surface area contributed by atoms with E-state index in [1.165, 1.54) is 0 Å². The molecular formula is C15H19BrN2O3. The summed E-state index contributed by atoms with van der Waals surface area (Å²) in [6, 6.07) is 7.42. The lowest BCUT2D eigenvalue weighted by atomic mass is 10.1. The van der Waals surface area contributed by atoms with E-state index in [2.05, 4.69) is 21.2 Å². The summed E-state index contributed by atoms with van der Waals surface area (Å²) in [6.45, 7) is 1.76. The van der Waals surface area contributed by atoms with Gasteiger partial charge in [-0.05, 0) is 24.6 Å². The fourth-order valence-electron chi connectivity index (χ4n) is 2.37. The van der Waals surface area contributed by atoms with Crippen LogP contribution in [0, 0.1) is 5.92 Å². The molecule has 0 spiro atoms. The van der Waals surface area contributed by atoms with Gasteiger partial charge in [0.05, 0.1) is 5.92 Å². The molecule has 1 fully saturated rings. The van der Waals surface area contributed by atoms with E-state index in [1.54, 1.807) is 12.0 Å². The van der Waals surface area contributed by atoms with Gasteiger partial charge in [-0.2, -0.15) is 0 Å². The molecule has 1 atom stereocenters. The number of rotatable bonds is 6. The number of likely N-dealkylation sites (tertiary alicyclic amines) is 1. The summed E-state index contributed by atoms with van der Waals surface area (Å²) >= 11 is 3.36. The normalized spacial score (nSPS) is 18.1. The molecule has 1 aromatic rings. The van der Waals surface area contributed by atoms with Crippen LogP contribution in [0.2, 0.25) is 0 Å². The lowest BCUT2D eigenvalue weighted by Crippen LogP contribution is -2.29. The van der Waals surface area contributed by atoms with Gasteiger partial charge in [0.1, 0.15) is 0 Å². The number of ether oxygens (including phenoxy) is 1. The second kappa shape index (κ2) is 7.56. The largest absolute Gasteiger partial charge is 0.385 e. The molecule has 6 heteroatoms. The van der Waals surface area contributed by atoms with Gasteiger partial charge in [-0.15, -0.1) is 0 Å². The summed E-state index contributed by atoms with van der Waals surface area (Å²) in [4.78, 5) is 25.8. The number of benzene rings is 1. The molecule has 0 radical (unpaired) electrons. The van der Waals surface area contributed by atoms with Crippen molar-refractivity contribution in [2.75, 3.05) is 32.1 Å². The highest BCUT2D eigenvalue weighted by Gasteiger charge is 2.33. The number of anilines is 1. The SMILES string of the molecule is COCCCN1CC(C(=O)Nc2cccc(Br)c2)CC1=O. The van der Waals surface area contributed by atoms with Crippen molar-refractivity contribution in [2.24, 2.45) is 5.92 Å². The van der Waals surface area contributed by atoms with E-state index in [9.17, 15) is 9.59 Å². The Morgan fingerprint density at radius 1 is 1.52 bits per heavy atom. The van der Waals surface area contributed by atoms with Gasteiger partial charge in [-0.25, -0.2) is 0 Å². The topological polar surface area (TPSA) is 58.6 Å². The van der Waals surface area contributed by atoms with E-state index in [-0.39, 0.29) is 24.2 Å². The zero-order valence-corrected chi connectivity index (χ0v) is 13.6. The van der Waals surface area contributed by atoms with E-state index >= 15 is 0 Å². The zero-order valence-electron chi connectivity index (χ0n) is 12.0.